The van der Waals surface area contributed by atoms with Crippen LogP contribution in [0.2, 0.25) is 0 Å². The van der Waals surface area contributed by atoms with Crippen molar-refractivity contribution in [3.05, 3.63) is 65.7 Å². The SMILES string of the molecule is CC(C)(C)C(N)(Cc1ccccc1)C(=O)c1ccc(OCCO)cc1. The number of nitrogens with two attached hydrogens (primary N) is 1. The van der Waals surface area contributed by atoms with Gasteiger partial charge in [0.25, 0.3) is 0 Å². The number of Topliss-reactive ketones (excluding diaryl/α,β-unsaturated/α-hetero) is 1. The number of aliphatic hydroxyl groups excluding tert-OH is 1. The van der Waals surface area contributed by atoms with Gasteiger partial charge in [0, 0.05) is 5.56 Å². The minimum atomic E-state index is -1.03. The maximum Gasteiger partial charge on any atom is 0.183 e. The molecule has 4 heteroatoms. The van der Waals surface area contributed by atoms with E-state index >= 15 is 0 Å². The van der Waals surface area contributed by atoms with Crippen molar-refractivity contribution in [3.63, 3.8) is 0 Å². The number of ketones is 1. The van der Waals surface area contributed by atoms with Gasteiger partial charge in [-0.3, -0.25) is 4.79 Å². The van der Waals surface area contributed by atoms with Crippen molar-refractivity contribution in [2.45, 2.75) is 32.7 Å². The van der Waals surface area contributed by atoms with Crippen LogP contribution in [-0.2, 0) is 6.42 Å². The van der Waals surface area contributed by atoms with Crippen LogP contribution in [0.25, 0.3) is 0 Å². The van der Waals surface area contributed by atoms with E-state index in [1.807, 2.05) is 51.1 Å². The molecule has 134 valence electrons. The number of carbonyl (C=O) groups excluding carboxylic acids is 1. The summed E-state index contributed by atoms with van der Waals surface area (Å²) in [4.78, 5) is 13.2. The number of benzene rings is 2. The van der Waals surface area contributed by atoms with Gasteiger partial charge in [-0.1, -0.05) is 51.1 Å². The van der Waals surface area contributed by atoms with Crippen LogP contribution >= 0.6 is 0 Å². The average Bonchev–Trinajstić information content (AvgIpc) is 2.59. The first-order chi connectivity index (χ1) is 11.8. The molecule has 0 saturated carbocycles. The molecule has 0 radical (unpaired) electrons. The summed E-state index contributed by atoms with van der Waals surface area (Å²) >= 11 is 0. The number of hydrogen-bond acceptors (Lipinski definition) is 4. The first-order valence-electron chi connectivity index (χ1n) is 8.49. The van der Waals surface area contributed by atoms with Crippen LogP contribution < -0.4 is 10.5 Å². The molecule has 0 amide bonds. The lowest BCUT2D eigenvalue weighted by Gasteiger charge is -2.40. The second kappa shape index (κ2) is 7.81. The van der Waals surface area contributed by atoms with Crippen molar-refractivity contribution in [3.8, 4) is 5.75 Å². The molecule has 3 N–H and O–H groups in total. The van der Waals surface area contributed by atoms with Gasteiger partial charge in [-0.15, -0.1) is 0 Å². The molecule has 2 aromatic carbocycles. The fourth-order valence-corrected chi connectivity index (χ4v) is 2.73. The predicted molar refractivity (Wildman–Crippen MR) is 99.9 cm³/mol. The molecule has 1 unspecified atom stereocenters. The number of ether oxygens (including phenoxy) is 1. The zero-order valence-corrected chi connectivity index (χ0v) is 15.2. The summed E-state index contributed by atoms with van der Waals surface area (Å²) in [5, 5.41) is 8.81. The summed E-state index contributed by atoms with van der Waals surface area (Å²) in [6, 6.07) is 16.8. The number of rotatable bonds is 7. The molecule has 0 bridgehead atoms. The fraction of sp³-hybridized carbons (Fsp3) is 0.381. The molecule has 0 spiro atoms. The lowest BCUT2D eigenvalue weighted by atomic mass is 9.67. The Labute approximate surface area is 149 Å². The van der Waals surface area contributed by atoms with Crippen molar-refractivity contribution in [1.82, 2.24) is 0 Å². The van der Waals surface area contributed by atoms with Crippen LogP contribution in [-0.4, -0.2) is 29.6 Å². The molecule has 0 saturated heterocycles. The third-order valence-electron chi connectivity index (χ3n) is 4.55. The van der Waals surface area contributed by atoms with E-state index in [2.05, 4.69) is 0 Å². The molecule has 2 rings (SSSR count). The fourth-order valence-electron chi connectivity index (χ4n) is 2.73. The van der Waals surface area contributed by atoms with Crippen molar-refractivity contribution in [1.29, 1.82) is 0 Å². The van der Waals surface area contributed by atoms with Crippen molar-refractivity contribution < 1.29 is 14.6 Å². The molecule has 0 aliphatic heterocycles. The molecular weight excluding hydrogens is 314 g/mol. The molecule has 25 heavy (non-hydrogen) atoms. The molecule has 0 aromatic heterocycles. The van der Waals surface area contributed by atoms with Gasteiger partial charge in [0.05, 0.1) is 12.1 Å². The Kier molecular flexibility index (Phi) is 5.98. The standard InChI is InChI=1S/C21H27NO3/c1-20(2,3)21(22,15-16-7-5-4-6-8-16)19(24)17-9-11-18(12-10-17)25-14-13-23/h4-12,23H,13-15,22H2,1-3H3. The summed E-state index contributed by atoms with van der Waals surface area (Å²) in [6.45, 7) is 6.16. The Bertz CT molecular complexity index is 689. The van der Waals surface area contributed by atoms with E-state index in [-0.39, 0.29) is 19.0 Å². The Balaban J connectivity index is 2.29. The molecule has 0 aliphatic carbocycles. The van der Waals surface area contributed by atoms with Gasteiger partial charge >= 0.3 is 0 Å². The van der Waals surface area contributed by atoms with E-state index in [0.717, 1.165) is 5.56 Å². The van der Waals surface area contributed by atoms with Gasteiger partial charge in [-0.05, 0) is 41.7 Å². The highest BCUT2D eigenvalue weighted by Crippen LogP contribution is 2.34. The van der Waals surface area contributed by atoms with E-state index < -0.39 is 11.0 Å². The third kappa shape index (κ3) is 4.47. The topological polar surface area (TPSA) is 72.6 Å². The van der Waals surface area contributed by atoms with Crippen molar-refractivity contribution in [2.24, 2.45) is 11.1 Å². The van der Waals surface area contributed by atoms with Crippen LogP contribution in [0.4, 0.5) is 0 Å². The van der Waals surface area contributed by atoms with Gasteiger partial charge in [0.1, 0.15) is 12.4 Å². The van der Waals surface area contributed by atoms with E-state index in [0.29, 0.717) is 17.7 Å². The first-order valence-corrected chi connectivity index (χ1v) is 8.49. The molecule has 0 heterocycles. The molecule has 0 aliphatic rings. The summed E-state index contributed by atoms with van der Waals surface area (Å²) in [5.74, 6) is 0.532. The summed E-state index contributed by atoms with van der Waals surface area (Å²) in [6.07, 6.45) is 0.471. The smallest absolute Gasteiger partial charge is 0.183 e. The van der Waals surface area contributed by atoms with E-state index in [1.165, 1.54) is 0 Å². The average molecular weight is 341 g/mol. The van der Waals surface area contributed by atoms with Gasteiger partial charge in [0.2, 0.25) is 0 Å². The molecular formula is C21H27NO3. The highest BCUT2D eigenvalue weighted by molar-refractivity contribution is 6.04. The number of hydrogen-bond donors (Lipinski definition) is 2. The minimum absolute atomic E-state index is 0.0479. The molecule has 2 aromatic rings. The Morgan fingerprint density at radius 2 is 1.64 bits per heavy atom. The Morgan fingerprint density at radius 3 is 2.16 bits per heavy atom. The highest BCUT2D eigenvalue weighted by atomic mass is 16.5. The zero-order valence-electron chi connectivity index (χ0n) is 15.2. The molecule has 4 nitrogen and oxygen atoms in total. The predicted octanol–water partition coefficient (Wildman–Crippen LogP) is 3.23. The quantitative estimate of drug-likeness (QED) is 0.759. The summed E-state index contributed by atoms with van der Waals surface area (Å²) in [5.41, 5.74) is 6.85. The van der Waals surface area contributed by atoms with Crippen LogP contribution in [0.15, 0.2) is 54.6 Å². The summed E-state index contributed by atoms with van der Waals surface area (Å²) in [7, 11) is 0. The largest absolute Gasteiger partial charge is 0.491 e. The second-order valence-electron chi connectivity index (χ2n) is 7.31. The molecule has 0 fully saturated rings. The normalized spacial score (nSPS) is 14.0. The lowest BCUT2D eigenvalue weighted by molar-refractivity contribution is 0.0746. The molecule has 1 atom stereocenters. The van der Waals surface area contributed by atoms with Gasteiger partial charge in [-0.25, -0.2) is 0 Å². The summed E-state index contributed by atoms with van der Waals surface area (Å²) < 4.78 is 5.35. The van der Waals surface area contributed by atoms with Crippen LogP contribution in [0.3, 0.4) is 0 Å². The van der Waals surface area contributed by atoms with Gasteiger partial charge in [0.15, 0.2) is 5.78 Å². The van der Waals surface area contributed by atoms with Gasteiger partial charge < -0.3 is 15.6 Å². The third-order valence-corrected chi connectivity index (χ3v) is 4.55. The van der Waals surface area contributed by atoms with Crippen LogP contribution in [0.5, 0.6) is 5.75 Å². The highest BCUT2D eigenvalue weighted by Gasteiger charge is 2.45. The van der Waals surface area contributed by atoms with Crippen molar-refractivity contribution in [2.75, 3.05) is 13.2 Å². The first kappa shape index (κ1) is 19.2. The van der Waals surface area contributed by atoms with Crippen LogP contribution in [0, 0.1) is 5.41 Å². The monoisotopic (exact) mass is 341 g/mol. The van der Waals surface area contributed by atoms with E-state index in [4.69, 9.17) is 15.6 Å². The maximum atomic E-state index is 13.2. The Hall–Kier alpha value is -2.17. The van der Waals surface area contributed by atoms with Gasteiger partial charge in [-0.2, -0.15) is 0 Å². The maximum absolute atomic E-state index is 13.2. The van der Waals surface area contributed by atoms with E-state index in [1.54, 1.807) is 24.3 Å². The van der Waals surface area contributed by atoms with Crippen molar-refractivity contribution >= 4 is 5.78 Å². The number of carbonyl (C=O) groups is 1. The second-order valence-corrected chi connectivity index (χ2v) is 7.31. The zero-order chi connectivity index (χ0) is 18.5. The van der Waals surface area contributed by atoms with E-state index in [9.17, 15) is 4.79 Å². The lowest BCUT2D eigenvalue weighted by Crippen LogP contribution is -2.59. The number of aliphatic hydroxyl groups is 1. The minimum Gasteiger partial charge on any atom is -0.491 e. The Morgan fingerprint density at radius 1 is 1.04 bits per heavy atom. The van der Waals surface area contributed by atoms with Crippen LogP contribution in [0.1, 0.15) is 36.7 Å².